The number of halogens is 1. The lowest BCUT2D eigenvalue weighted by Crippen LogP contribution is -3.00. The van der Waals surface area contributed by atoms with E-state index in [1.807, 2.05) is 0 Å². The van der Waals surface area contributed by atoms with E-state index in [1.165, 1.54) is 135 Å². The minimum atomic E-state index is 0. The fourth-order valence-electron chi connectivity index (χ4n) is 4.10. The first-order chi connectivity index (χ1) is 14.9. The van der Waals surface area contributed by atoms with Crippen molar-refractivity contribution in [3.63, 3.8) is 0 Å². The van der Waals surface area contributed by atoms with Gasteiger partial charge in [-0.2, -0.15) is 4.57 Å². The zero-order valence-electron chi connectivity index (χ0n) is 20.6. The van der Waals surface area contributed by atoms with E-state index >= 15 is 0 Å². The molecule has 0 aliphatic carbocycles. The van der Waals surface area contributed by atoms with Gasteiger partial charge in [0.25, 0.3) is 0 Å². The lowest BCUT2D eigenvalue weighted by molar-refractivity contribution is -0.692. The van der Waals surface area contributed by atoms with Crippen LogP contribution in [0.3, 0.4) is 0 Å². The molecule has 0 bridgehead atoms. The molecule has 2 nitrogen and oxygen atoms in total. The average molecular weight is 566 g/mol. The molecule has 1 rings (SSSR count). The van der Waals surface area contributed by atoms with Crippen LogP contribution in [0.1, 0.15) is 135 Å². The molecule has 0 unspecified atom stereocenters. The molecule has 0 fully saturated rings. The van der Waals surface area contributed by atoms with Crippen LogP contribution in [0.4, 0.5) is 0 Å². The molecule has 0 aliphatic rings. The van der Waals surface area contributed by atoms with E-state index in [9.17, 15) is 0 Å². The minimum Gasteiger partial charge on any atom is -1.00 e. The summed E-state index contributed by atoms with van der Waals surface area (Å²) in [5.41, 5.74) is 2.20. The molecule has 0 saturated carbocycles. The first-order valence-corrected chi connectivity index (χ1v) is 14.4. The van der Waals surface area contributed by atoms with Crippen LogP contribution in [0.5, 0.6) is 0 Å². The summed E-state index contributed by atoms with van der Waals surface area (Å²) in [4.78, 5) is 0. The second-order valence-electron chi connectivity index (χ2n) is 9.09. The summed E-state index contributed by atoms with van der Waals surface area (Å²) in [7, 11) is 0. The normalized spacial score (nSPS) is 11.0. The van der Waals surface area contributed by atoms with Crippen LogP contribution in [-0.2, 0) is 11.3 Å². The maximum atomic E-state index is 5.80. The Morgan fingerprint density at radius 1 is 0.581 bits per heavy atom. The van der Waals surface area contributed by atoms with Gasteiger partial charge in [-0.05, 0) is 19.3 Å². The fraction of sp³-hybridized carbons (Fsp3) is 0.889. The summed E-state index contributed by atoms with van der Waals surface area (Å²) in [6.45, 7) is 5.41. The third kappa shape index (κ3) is 23.3. The number of rotatable bonds is 24. The van der Waals surface area contributed by atoms with Gasteiger partial charge in [-0.3, -0.25) is 0 Å². The number of aryl methyl sites for hydroxylation is 1. The Hall–Kier alpha value is 0.320. The Morgan fingerprint density at radius 2 is 1.00 bits per heavy atom. The van der Waals surface area contributed by atoms with Gasteiger partial charge in [-0.25, -0.2) is 0 Å². The molecule has 1 heterocycles. The third-order valence-electron chi connectivity index (χ3n) is 6.12. The summed E-state index contributed by atoms with van der Waals surface area (Å²) in [5.74, 6) is 0. The zero-order valence-corrected chi connectivity index (χ0v) is 23.6. The lowest BCUT2D eigenvalue weighted by Gasteiger charge is -2.05. The molecule has 0 atom stereocenters. The monoisotopic (exact) mass is 565 g/mol. The topological polar surface area (TPSA) is 13.1 Å². The van der Waals surface area contributed by atoms with Crippen molar-refractivity contribution in [1.29, 1.82) is 0 Å². The fourth-order valence-corrected chi connectivity index (χ4v) is 4.72. The quantitative estimate of drug-likeness (QED) is 0.0868. The Bertz CT molecular complexity index is 427. The summed E-state index contributed by atoms with van der Waals surface area (Å²) in [6, 6.07) is 0. The second kappa shape index (κ2) is 26.6. The van der Waals surface area contributed by atoms with Crippen molar-refractivity contribution in [3.8, 4) is 0 Å². The molecule has 4 heteroatoms. The molecule has 1 aromatic heterocycles. The molecule has 0 aromatic carbocycles. The van der Waals surface area contributed by atoms with Crippen molar-refractivity contribution in [2.75, 3.05) is 13.2 Å². The SMILES string of the molecule is CCCCCCCCCCCCCCCCCCOCCCCCC[n+]1ccsc1.[I-]. The van der Waals surface area contributed by atoms with E-state index in [0.29, 0.717) is 0 Å². The van der Waals surface area contributed by atoms with Gasteiger partial charge in [0.1, 0.15) is 6.54 Å². The van der Waals surface area contributed by atoms with E-state index in [1.54, 1.807) is 11.3 Å². The smallest absolute Gasteiger partial charge is 0.224 e. The molecule has 184 valence electrons. The Morgan fingerprint density at radius 3 is 1.42 bits per heavy atom. The van der Waals surface area contributed by atoms with Crippen LogP contribution in [0.2, 0.25) is 0 Å². The minimum absolute atomic E-state index is 0. The predicted molar refractivity (Wildman–Crippen MR) is 133 cm³/mol. The van der Waals surface area contributed by atoms with Crippen molar-refractivity contribution in [3.05, 3.63) is 17.1 Å². The number of hydrogen-bond donors (Lipinski definition) is 0. The second-order valence-corrected chi connectivity index (χ2v) is 9.85. The van der Waals surface area contributed by atoms with Crippen molar-refractivity contribution in [1.82, 2.24) is 0 Å². The van der Waals surface area contributed by atoms with Gasteiger partial charge in [0.05, 0.1) is 5.38 Å². The number of aromatic nitrogens is 1. The molecular weight excluding hydrogens is 513 g/mol. The summed E-state index contributed by atoms with van der Waals surface area (Å²) < 4.78 is 8.09. The van der Waals surface area contributed by atoms with Gasteiger partial charge in [-0.1, -0.05) is 121 Å². The number of thiazole rings is 1. The third-order valence-corrected chi connectivity index (χ3v) is 6.80. The molecule has 1 aromatic rings. The van der Waals surface area contributed by atoms with E-state index in [0.717, 1.165) is 13.2 Å². The Kier molecular flexibility index (Phi) is 26.8. The van der Waals surface area contributed by atoms with Crippen LogP contribution in [-0.4, -0.2) is 13.2 Å². The summed E-state index contributed by atoms with van der Waals surface area (Å²) in [6.07, 6.45) is 30.2. The highest BCUT2D eigenvalue weighted by Gasteiger charge is 1.99. The number of hydrogen-bond acceptors (Lipinski definition) is 2. The van der Waals surface area contributed by atoms with Gasteiger partial charge in [0.2, 0.25) is 5.51 Å². The highest BCUT2D eigenvalue weighted by atomic mass is 127. The highest BCUT2D eigenvalue weighted by molar-refractivity contribution is 7.07. The first kappa shape index (κ1) is 31.3. The molecule has 0 aliphatic heterocycles. The zero-order chi connectivity index (χ0) is 21.4. The Labute approximate surface area is 216 Å². The number of ether oxygens (including phenoxy) is 1. The number of nitrogens with zero attached hydrogens (tertiary/aromatic N) is 1. The average Bonchev–Trinajstić information content (AvgIpc) is 3.28. The van der Waals surface area contributed by atoms with E-state index in [2.05, 4.69) is 28.6 Å². The first-order valence-electron chi connectivity index (χ1n) is 13.4. The van der Waals surface area contributed by atoms with Crippen LogP contribution in [0.25, 0.3) is 0 Å². The van der Waals surface area contributed by atoms with Gasteiger partial charge < -0.3 is 28.7 Å². The van der Waals surface area contributed by atoms with Crippen molar-refractivity contribution >= 4 is 11.3 Å². The van der Waals surface area contributed by atoms with Crippen LogP contribution in [0.15, 0.2) is 17.1 Å². The molecular formula is C27H52INOS. The predicted octanol–water partition coefficient (Wildman–Crippen LogP) is 5.88. The standard InChI is InChI=1S/C27H52NOS.HI/c1-2-3-4-5-6-7-8-9-10-11-12-13-14-15-17-20-24-29-25-21-18-16-19-22-28-23-26-30-27-28;/h23,26-27H,2-22,24-25H2,1H3;1H/q+1;/p-1. The van der Waals surface area contributed by atoms with Crippen LogP contribution < -0.4 is 28.5 Å². The van der Waals surface area contributed by atoms with Crippen molar-refractivity contribution in [2.24, 2.45) is 0 Å². The maximum absolute atomic E-state index is 5.80. The van der Waals surface area contributed by atoms with Gasteiger partial charge in [-0.15, -0.1) is 0 Å². The molecule has 31 heavy (non-hydrogen) atoms. The van der Waals surface area contributed by atoms with Crippen molar-refractivity contribution < 1.29 is 33.3 Å². The molecule has 0 radical (unpaired) electrons. The molecule has 0 saturated heterocycles. The summed E-state index contributed by atoms with van der Waals surface area (Å²) >= 11 is 1.78. The number of unbranched alkanes of at least 4 members (excludes halogenated alkanes) is 18. The van der Waals surface area contributed by atoms with E-state index in [-0.39, 0.29) is 24.0 Å². The molecule has 0 spiro atoms. The van der Waals surface area contributed by atoms with Crippen molar-refractivity contribution in [2.45, 2.75) is 142 Å². The van der Waals surface area contributed by atoms with Gasteiger partial charge in [0, 0.05) is 19.6 Å². The van der Waals surface area contributed by atoms with Crippen LogP contribution >= 0.6 is 11.3 Å². The maximum Gasteiger partial charge on any atom is 0.224 e. The lowest BCUT2D eigenvalue weighted by atomic mass is 10.0. The Balaban J connectivity index is 0.00000900. The highest BCUT2D eigenvalue weighted by Crippen LogP contribution is 2.13. The van der Waals surface area contributed by atoms with E-state index in [4.69, 9.17) is 4.74 Å². The van der Waals surface area contributed by atoms with Crippen LogP contribution in [0, 0.1) is 0 Å². The van der Waals surface area contributed by atoms with Gasteiger partial charge in [0.15, 0.2) is 6.20 Å². The largest absolute Gasteiger partial charge is 1.00 e. The molecule has 0 N–H and O–H groups in total. The molecule has 0 amide bonds. The van der Waals surface area contributed by atoms with Gasteiger partial charge >= 0.3 is 0 Å². The summed E-state index contributed by atoms with van der Waals surface area (Å²) in [5, 5.41) is 2.15. The van der Waals surface area contributed by atoms with E-state index < -0.39 is 0 Å².